The maximum absolute atomic E-state index is 12.1. The van der Waals surface area contributed by atoms with Gasteiger partial charge in [0.25, 0.3) is 0 Å². The van der Waals surface area contributed by atoms with Gasteiger partial charge < -0.3 is 10.4 Å². The van der Waals surface area contributed by atoms with Gasteiger partial charge in [0.15, 0.2) is 0 Å². The highest BCUT2D eigenvalue weighted by atomic mass is 16.3. The highest BCUT2D eigenvalue weighted by Crippen LogP contribution is 2.21. The van der Waals surface area contributed by atoms with E-state index in [1.807, 2.05) is 13.8 Å². The fraction of sp³-hybridized carbons (Fsp3) is 0.933. The summed E-state index contributed by atoms with van der Waals surface area (Å²) in [6, 6.07) is 0.365. The van der Waals surface area contributed by atoms with E-state index in [1.165, 1.54) is 0 Å². The topological polar surface area (TPSA) is 49.3 Å². The van der Waals surface area contributed by atoms with E-state index in [0.29, 0.717) is 24.9 Å². The number of nitrogens with one attached hydrogen (secondary N) is 1. The molecule has 0 bridgehead atoms. The van der Waals surface area contributed by atoms with E-state index >= 15 is 0 Å². The molecule has 2 N–H and O–H groups in total. The number of carbonyl (C=O) groups is 1. The Morgan fingerprint density at radius 1 is 1.06 bits per heavy atom. The molecule has 0 aromatic rings. The first-order valence-electron chi connectivity index (χ1n) is 7.19. The Morgan fingerprint density at radius 3 is 2.00 bits per heavy atom. The van der Waals surface area contributed by atoms with Crippen LogP contribution in [-0.4, -0.2) is 29.6 Å². The van der Waals surface area contributed by atoms with Crippen LogP contribution < -0.4 is 5.32 Å². The fourth-order valence-corrected chi connectivity index (χ4v) is 2.15. The van der Waals surface area contributed by atoms with E-state index < -0.39 is 6.10 Å². The number of hydrogen-bond acceptors (Lipinski definition) is 3. The molecule has 0 aliphatic carbocycles. The Hall–Kier alpha value is -0.410. The summed E-state index contributed by atoms with van der Waals surface area (Å²) in [6.07, 6.45) is 1.02. The van der Waals surface area contributed by atoms with Crippen molar-refractivity contribution in [3.8, 4) is 0 Å². The van der Waals surface area contributed by atoms with Crippen LogP contribution in [0.15, 0.2) is 0 Å². The SMILES string of the molecule is CC(C)CC(C[C@@H](O)CNC(C)C)C(=O)C(C)C. The number of carbonyl (C=O) groups excluding carboxylic acids is 1. The Kier molecular flexibility index (Phi) is 8.45. The minimum Gasteiger partial charge on any atom is -0.392 e. The number of ketones is 1. The van der Waals surface area contributed by atoms with Crippen molar-refractivity contribution in [3.63, 3.8) is 0 Å². The summed E-state index contributed by atoms with van der Waals surface area (Å²) in [4.78, 5) is 12.1. The molecule has 1 unspecified atom stereocenters. The van der Waals surface area contributed by atoms with Gasteiger partial charge in [-0.3, -0.25) is 4.79 Å². The van der Waals surface area contributed by atoms with Crippen LogP contribution in [0.25, 0.3) is 0 Å². The number of aliphatic hydroxyl groups excluding tert-OH is 1. The third-order valence-electron chi connectivity index (χ3n) is 3.05. The molecular formula is C15H31NO2. The zero-order valence-corrected chi connectivity index (χ0v) is 12.9. The zero-order valence-electron chi connectivity index (χ0n) is 12.9. The van der Waals surface area contributed by atoms with Crippen LogP contribution in [-0.2, 0) is 4.79 Å². The number of Topliss-reactive ketones (excluding diaryl/α,β-unsaturated/α-hetero) is 1. The first-order chi connectivity index (χ1) is 8.23. The molecule has 3 nitrogen and oxygen atoms in total. The lowest BCUT2D eigenvalue weighted by Gasteiger charge is -2.23. The first kappa shape index (κ1) is 17.6. The highest BCUT2D eigenvalue weighted by molar-refractivity contribution is 5.82. The molecule has 0 amide bonds. The Bertz CT molecular complexity index is 237. The largest absolute Gasteiger partial charge is 0.392 e. The van der Waals surface area contributed by atoms with Gasteiger partial charge in [0.1, 0.15) is 5.78 Å². The molecule has 0 spiro atoms. The average molecular weight is 257 g/mol. The van der Waals surface area contributed by atoms with E-state index in [9.17, 15) is 9.90 Å². The lowest BCUT2D eigenvalue weighted by Crippen LogP contribution is -2.35. The number of hydrogen-bond donors (Lipinski definition) is 2. The van der Waals surface area contributed by atoms with Crippen LogP contribution in [0.2, 0.25) is 0 Å². The molecule has 0 rings (SSSR count). The quantitative estimate of drug-likeness (QED) is 0.667. The predicted molar refractivity (Wildman–Crippen MR) is 76.6 cm³/mol. The minimum atomic E-state index is -0.432. The van der Waals surface area contributed by atoms with E-state index in [1.54, 1.807) is 0 Å². The van der Waals surface area contributed by atoms with Crippen LogP contribution in [0, 0.1) is 17.8 Å². The van der Waals surface area contributed by atoms with Gasteiger partial charge in [0.05, 0.1) is 6.10 Å². The Balaban J connectivity index is 4.35. The molecule has 0 aromatic carbocycles. The van der Waals surface area contributed by atoms with Crippen molar-refractivity contribution < 1.29 is 9.90 Å². The normalized spacial score (nSPS) is 15.4. The highest BCUT2D eigenvalue weighted by Gasteiger charge is 2.24. The minimum absolute atomic E-state index is 0.00559. The first-order valence-corrected chi connectivity index (χ1v) is 7.19. The van der Waals surface area contributed by atoms with E-state index in [2.05, 4.69) is 33.0 Å². The van der Waals surface area contributed by atoms with Gasteiger partial charge in [-0.1, -0.05) is 41.5 Å². The second-order valence-electron chi connectivity index (χ2n) is 6.34. The molecule has 0 radical (unpaired) electrons. The van der Waals surface area contributed by atoms with Crippen molar-refractivity contribution in [1.82, 2.24) is 5.32 Å². The van der Waals surface area contributed by atoms with Crippen LogP contribution in [0.5, 0.6) is 0 Å². The molecule has 0 saturated heterocycles. The summed E-state index contributed by atoms with van der Waals surface area (Å²) in [5, 5.41) is 13.2. The predicted octanol–water partition coefficient (Wildman–Crippen LogP) is 2.62. The van der Waals surface area contributed by atoms with Gasteiger partial charge in [-0.2, -0.15) is 0 Å². The van der Waals surface area contributed by atoms with Crippen LogP contribution >= 0.6 is 0 Å². The number of aliphatic hydroxyl groups is 1. The third kappa shape index (κ3) is 7.83. The zero-order chi connectivity index (χ0) is 14.3. The maximum Gasteiger partial charge on any atom is 0.138 e. The standard InChI is InChI=1S/C15H31NO2/c1-10(2)7-13(15(18)11(3)4)8-14(17)9-16-12(5)6/h10-14,16-17H,7-9H2,1-6H3/t13?,14-/m1/s1. The van der Waals surface area contributed by atoms with Gasteiger partial charge in [-0.05, 0) is 18.8 Å². The summed E-state index contributed by atoms with van der Waals surface area (Å²) in [7, 11) is 0. The summed E-state index contributed by atoms with van der Waals surface area (Å²) in [5.41, 5.74) is 0. The second kappa shape index (κ2) is 8.65. The van der Waals surface area contributed by atoms with Crippen molar-refractivity contribution in [2.45, 2.75) is 66.5 Å². The average Bonchev–Trinajstić information content (AvgIpc) is 2.23. The van der Waals surface area contributed by atoms with Crippen molar-refractivity contribution in [1.29, 1.82) is 0 Å². The van der Waals surface area contributed by atoms with E-state index in [-0.39, 0.29) is 17.6 Å². The molecule has 3 heteroatoms. The third-order valence-corrected chi connectivity index (χ3v) is 3.05. The summed E-state index contributed by atoms with van der Waals surface area (Å²) in [5.74, 6) is 0.822. The summed E-state index contributed by atoms with van der Waals surface area (Å²) >= 11 is 0. The lowest BCUT2D eigenvalue weighted by molar-refractivity contribution is -0.127. The monoisotopic (exact) mass is 257 g/mol. The molecule has 2 atom stereocenters. The van der Waals surface area contributed by atoms with Gasteiger partial charge in [0.2, 0.25) is 0 Å². The van der Waals surface area contributed by atoms with Gasteiger partial charge >= 0.3 is 0 Å². The van der Waals surface area contributed by atoms with Crippen LogP contribution in [0.4, 0.5) is 0 Å². The second-order valence-corrected chi connectivity index (χ2v) is 6.34. The summed E-state index contributed by atoms with van der Waals surface area (Å²) in [6.45, 7) is 12.8. The Labute approximate surface area is 112 Å². The molecule has 0 fully saturated rings. The molecule has 0 aromatic heterocycles. The van der Waals surface area contributed by atoms with Crippen LogP contribution in [0.1, 0.15) is 54.4 Å². The molecule has 18 heavy (non-hydrogen) atoms. The molecule has 0 heterocycles. The van der Waals surface area contributed by atoms with Gasteiger partial charge in [-0.15, -0.1) is 0 Å². The Morgan fingerprint density at radius 2 is 1.61 bits per heavy atom. The molecule has 108 valence electrons. The molecule has 0 saturated carbocycles. The smallest absolute Gasteiger partial charge is 0.138 e. The number of rotatable bonds is 9. The molecular weight excluding hydrogens is 226 g/mol. The van der Waals surface area contributed by atoms with Gasteiger partial charge in [-0.25, -0.2) is 0 Å². The van der Waals surface area contributed by atoms with E-state index in [0.717, 1.165) is 6.42 Å². The van der Waals surface area contributed by atoms with Crippen molar-refractivity contribution in [2.75, 3.05) is 6.54 Å². The lowest BCUT2D eigenvalue weighted by atomic mass is 9.84. The summed E-state index contributed by atoms with van der Waals surface area (Å²) < 4.78 is 0. The van der Waals surface area contributed by atoms with Crippen molar-refractivity contribution in [3.05, 3.63) is 0 Å². The van der Waals surface area contributed by atoms with Crippen molar-refractivity contribution in [2.24, 2.45) is 17.8 Å². The van der Waals surface area contributed by atoms with Crippen molar-refractivity contribution >= 4 is 5.78 Å². The molecule has 0 aliphatic heterocycles. The van der Waals surface area contributed by atoms with Crippen LogP contribution in [0.3, 0.4) is 0 Å². The van der Waals surface area contributed by atoms with Gasteiger partial charge in [0, 0.05) is 24.4 Å². The van der Waals surface area contributed by atoms with E-state index in [4.69, 9.17) is 0 Å². The maximum atomic E-state index is 12.1. The fourth-order valence-electron chi connectivity index (χ4n) is 2.15. The molecule has 0 aliphatic rings.